The minimum atomic E-state index is 0.587. The molecule has 0 saturated carbocycles. The highest BCUT2D eigenvalue weighted by atomic mass is 16.3. The van der Waals surface area contributed by atoms with Gasteiger partial charge in [0.15, 0.2) is 17.5 Å². The van der Waals surface area contributed by atoms with Gasteiger partial charge in [-0.3, -0.25) is 0 Å². The van der Waals surface area contributed by atoms with Crippen molar-refractivity contribution in [2.75, 3.05) is 0 Å². The fraction of sp³-hybridized carbons (Fsp3) is 0. The Morgan fingerprint density at radius 1 is 0.294 bits per heavy atom. The number of furan rings is 1. The summed E-state index contributed by atoms with van der Waals surface area (Å²) in [4.78, 5) is 16.2. The lowest BCUT2D eigenvalue weighted by atomic mass is 9.96. The van der Waals surface area contributed by atoms with Crippen molar-refractivity contribution in [3.8, 4) is 62.1 Å². The molecule has 5 heteroatoms. The largest absolute Gasteiger partial charge is 0.456 e. The molecule has 0 radical (unpaired) electrons. The first-order valence-corrected chi connectivity index (χ1v) is 23.0. The molecule has 0 bridgehead atoms. The summed E-state index contributed by atoms with van der Waals surface area (Å²) in [5, 5.41) is 11.3. The van der Waals surface area contributed by atoms with E-state index in [1.54, 1.807) is 0 Å². The molecule has 316 valence electrons. The summed E-state index contributed by atoms with van der Waals surface area (Å²) in [6.45, 7) is 0. The molecule has 0 aliphatic heterocycles. The van der Waals surface area contributed by atoms with Gasteiger partial charge in [0.05, 0.1) is 11.0 Å². The summed E-state index contributed by atoms with van der Waals surface area (Å²) in [6, 6.07) is 81.8. The van der Waals surface area contributed by atoms with Crippen LogP contribution in [-0.4, -0.2) is 19.5 Å². The molecule has 0 amide bonds. The number of rotatable bonds is 6. The predicted molar refractivity (Wildman–Crippen MR) is 281 cm³/mol. The Labute approximate surface area is 390 Å². The number of hydrogen-bond donors (Lipinski definition) is 0. The van der Waals surface area contributed by atoms with E-state index in [4.69, 9.17) is 19.4 Å². The fourth-order valence-electron chi connectivity index (χ4n) is 10.5. The van der Waals surface area contributed by atoms with Crippen LogP contribution in [0.25, 0.3) is 138 Å². The van der Waals surface area contributed by atoms with Gasteiger partial charge >= 0.3 is 0 Å². The molecule has 0 fully saturated rings. The van der Waals surface area contributed by atoms with Gasteiger partial charge in [0.2, 0.25) is 0 Å². The first-order chi connectivity index (χ1) is 33.7. The molecule has 11 aromatic carbocycles. The number of benzene rings is 11. The van der Waals surface area contributed by atoms with Crippen molar-refractivity contribution < 1.29 is 4.42 Å². The Morgan fingerprint density at radius 3 is 1.57 bits per heavy atom. The zero-order valence-corrected chi connectivity index (χ0v) is 36.6. The molecular formula is C63H38N4O. The third-order valence-corrected chi connectivity index (χ3v) is 13.6. The maximum absolute atomic E-state index is 6.38. The number of nitrogens with zero attached hydrogens (tertiary/aromatic N) is 4. The van der Waals surface area contributed by atoms with E-state index in [0.29, 0.717) is 17.5 Å². The summed E-state index contributed by atoms with van der Waals surface area (Å²) < 4.78 is 8.81. The van der Waals surface area contributed by atoms with Crippen LogP contribution in [0.2, 0.25) is 0 Å². The monoisotopic (exact) mass is 866 g/mol. The van der Waals surface area contributed by atoms with Gasteiger partial charge in [0.25, 0.3) is 0 Å². The molecule has 68 heavy (non-hydrogen) atoms. The summed E-state index contributed by atoms with van der Waals surface area (Å²) >= 11 is 0. The highest BCUT2D eigenvalue weighted by Crippen LogP contribution is 2.43. The average molecular weight is 867 g/mol. The van der Waals surface area contributed by atoms with E-state index in [-0.39, 0.29) is 0 Å². The van der Waals surface area contributed by atoms with E-state index >= 15 is 0 Å². The molecule has 0 spiro atoms. The minimum absolute atomic E-state index is 0.587. The molecule has 3 aromatic heterocycles. The van der Waals surface area contributed by atoms with Gasteiger partial charge in [-0.05, 0) is 109 Å². The van der Waals surface area contributed by atoms with Crippen molar-refractivity contribution in [1.82, 2.24) is 19.5 Å². The van der Waals surface area contributed by atoms with Gasteiger partial charge in [0, 0.05) is 43.9 Å². The highest BCUT2D eigenvalue weighted by molar-refractivity contribution is 6.19. The van der Waals surface area contributed by atoms with Crippen molar-refractivity contribution in [3.63, 3.8) is 0 Å². The second-order valence-electron chi connectivity index (χ2n) is 17.5. The standard InChI is InChI=1S/C63H38N4O/c1-2-15-41(16-3-1)48-26-14-29-56-60(48)55-35-42-19-4-5-20-43(42)37-57(55)67(56)45-32-33-52(53(38-45)44-31-34-59-54(36-44)49-25-10-11-30-58(49)68-59)63-65-61(50-27-12-21-39-17-6-8-23-46(39)50)64-62(66-63)51-28-13-22-40-18-7-9-24-47(40)51/h1-38H. The van der Waals surface area contributed by atoms with Crippen molar-refractivity contribution in [2.45, 2.75) is 0 Å². The quantitative estimate of drug-likeness (QED) is 0.167. The molecule has 0 aliphatic carbocycles. The van der Waals surface area contributed by atoms with Gasteiger partial charge in [-0.1, -0.05) is 176 Å². The van der Waals surface area contributed by atoms with E-state index in [1.165, 1.54) is 32.7 Å². The Balaban J connectivity index is 1.07. The van der Waals surface area contributed by atoms with E-state index in [9.17, 15) is 0 Å². The van der Waals surface area contributed by atoms with Crippen LogP contribution in [0.15, 0.2) is 235 Å². The molecule has 0 N–H and O–H groups in total. The fourth-order valence-corrected chi connectivity index (χ4v) is 10.5. The summed E-state index contributed by atoms with van der Waals surface area (Å²) in [5.74, 6) is 1.82. The highest BCUT2D eigenvalue weighted by Gasteiger charge is 2.22. The Morgan fingerprint density at radius 2 is 0.853 bits per heavy atom. The lowest BCUT2D eigenvalue weighted by Gasteiger charge is -2.16. The van der Waals surface area contributed by atoms with Crippen LogP contribution in [-0.2, 0) is 0 Å². The SMILES string of the molecule is c1ccc(-c2cccc3c2c2cc4ccccc4cc2n3-c2ccc(-c3nc(-c4cccc5ccccc45)nc(-c4cccc5ccccc45)n3)c(-c3ccc4oc5ccccc5c4c3)c2)cc1. The van der Waals surface area contributed by atoms with Gasteiger partial charge in [0.1, 0.15) is 11.2 Å². The van der Waals surface area contributed by atoms with Gasteiger partial charge in [-0.2, -0.15) is 0 Å². The Bertz CT molecular complexity index is 4230. The second-order valence-corrected chi connectivity index (χ2v) is 17.5. The summed E-state index contributed by atoms with van der Waals surface area (Å²) in [7, 11) is 0. The zero-order valence-electron chi connectivity index (χ0n) is 36.6. The first-order valence-electron chi connectivity index (χ1n) is 23.0. The van der Waals surface area contributed by atoms with Crippen molar-refractivity contribution in [2.24, 2.45) is 0 Å². The van der Waals surface area contributed by atoms with E-state index < -0.39 is 0 Å². The molecule has 3 heterocycles. The molecule has 5 nitrogen and oxygen atoms in total. The molecule has 14 aromatic rings. The minimum Gasteiger partial charge on any atom is -0.456 e. The van der Waals surface area contributed by atoms with Gasteiger partial charge in [-0.25, -0.2) is 15.0 Å². The zero-order chi connectivity index (χ0) is 44.7. The first kappa shape index (κ1) is 38.1. The topological polar surface area (TPSA) is 56.7 Å². The van der Waals surface area contributed by atoms with Crippen LogP contribution in [0, 0.1) is 0 Å². The van der Waals surface area contributed by atoms with Crippen LogP contribution in [0.5, 0.6) is 0 Å². The van der Waals surface area contributed by atoms with Crippen LogP contribution in [0.1, 0.15) is 0 Å². The van der Waals surface area contributed by atoms with E-state index in [2.05, 4.69) is 223 Å². The molecule has 0 aliphatic rings. The third kappa shape index (κ3) is 6.06. The number of hydrogen-bond acceptors (Lipinski definition) is 4. The lowest BCUT2D eigenvalue weighted by Crippen LogP contribution is -2.03. The molecule has 14 rings (SSSR count). The molecule has 0 atom stereocenters. The molecule has 0 saturated heterocycles. The molecular weight excluding hydrogens is 829 g/mol. The number of fused-ring (bicyclic) bond motifs is 9. The maximum Gasteiger partial charge on any atom is 0.164 e. The summed E-state index contributed by atoms with van der Waals surface area (Å²) in [6.07, 6.45) is 0. The third-order valence-electron chi connectivity index (χ3n) is 13.6. The Kier molecular flexibility index (Phi) is 8.52. The van der Waals surface area contributed by atoms with Crippen LogP contribution < -0.4 is 0 Å². The second kappa shape index (κ2) is 15.2. The van der Waals surface area contributed by atoms with Crippen LogP contribution >= 0.6 is 0 Å². The normalized spacial score (nSPS) is 11.8. The van der Waals surface area contributed by atoms with E-state index in [1.807, 2.05) is 12.1 Å². The molecule has 0 unspecified atom stereocenters. The van der Waals surface area contributed by atoms with Crippen molar-refractivity contribution in [3.05, 3.63) is 231 Å². The van der Waals surface area contributed by atoms with Crippen LogP contribution in [0.3, 0.4) is 0 Å². The number of aromatic nitrogens is 4. The smallest absolute Gasteiger partial charge is 0.164 e. The average Bonchev–Trinajstić information content (AvgIpc) is 3.94. The van der Waals surface area contributed by atoms with Crippen LogP contribution in [0.4, 0.5) is 0 Å². The van der Waals surface area contributed by atoms with Crippen molar-refractivity contribution >= 4 is 76.1 Å². The van der Waals surface area contributed by atoms with Crippen molar-refractivity contribution in [1.29, 1.82) is 0 Å². The number of para-hydroxylation sites is 1. The van der Waals surface area contributed by atoms with Gasteiger partial charge < -0.3 is 8.98 Å². The maximum atomic E-state index is 6.38. The predicted octanol–water partition coefficient (Wildman–Crippen LogP) is 16.7. The lowest BCUT2D eigenvalue weighted by molar-refractivity contribution is 0.669. The van der Waals surface area contributed by atoms with E-state index in [0.717, 1.165) is 88.0 Å². The Hall–Kier alpha value is -9.19. The van der Waals surface area contributed by atoms with Gasteiger partial charge in [-0.15, -0.1) is 0 Å². The summed E-state index contributed by atoms with van der Waals surface area (Å²) in [5.41, 5.74) is 12.2.